The summed E-state index contributed by atoms with van der Waals surface area (Å²) in [6.07, 6.45) is 0.807. The lowest BCUT2D eigenvalue weighted by Crippen LogP contribution is -2.50. The predicted octanol–water partition coefficient (Wildman–Crippen LogP) is 3.67. The highest BCUT2D eigenvalue weighted by Gasteiger charge is 2.35. The van der Waals surface area contributed by atoms with Crippen LogP contribution in [0, 0.1) is 0 Å². The number of ether oxygens (including phenoxy) is 1. The molecule has 0 bridgehead atoms. The van der Waals surface area contributed by atoms with Crippen molar-refractivity contribution in [3.8, 4) is 5.75 Å². The molecule has 0 saturated carbocycles. The molecule has 6 nitrogen and oxygen atoms in total. The van der Waals surface area contributed by atoms with Gasteiger partial charge in [0.1, 0.15) is 5.75 Å². The Hall–Kier alpha value is -2.57. The Bertz CT molecular complexity index is 856. The van der Waals surface area contributed by atoms with Crippen molar-refractivity contribution in [3.05, 3.63) is 59.6 Å². The maximum absolute atomic E-state index is 13.1. The molecule has 0 radical (unpaired) electrons. The van der Waals surface area contributed by atoms with Gasteiger partial charge in [0.25, 0.3) is 5.91 Å². The highest BCUT2D eigenvalue weighted by Crippen LogP contribution is 2.23. The second-order valence-corrected chi connectivity index (χ2v) is 8.34. The van der Waals surface area contributed by atoms with E-state index >= 15 is 0 Å². The first-order chi connectivity index (χ1) is 14.3. The van der Waals surface area contributed by atoms with E-state index in [-0.39, 0.29) is 11.8 Å². The molecule has 0 atom stereocenters. The van der Waals surface area contributed by atoms with Gasteiger partial charge in [-0.1, -0.05) is 29.8 Å². The molecule has 160 valence electrons. The van der Waals surface area contributed by atoms with Gasteiger partial charge in [-0.05, 0) is 56.7 Å². The highest BCUT2D eigenvalue weighted by molar-refractivity contribution is 6.30. The van der Waals surface area contributed by atoms with Crippen molar-refractivity contribution in [3.63, 3.8) is 0 Å². The summed E-state index contributed by atoms with van der Waals surface area (Å²) in [4.78, 5) is 29.3. The molecule has 1 aliphatic heterocycles. The summed E-state index contributed by atoms with van der Waals surface area (Å²) in [5, 5.41) is 3.53. The number of nitrogens with one attached hydrogen (secondary N) is 1. The normalized spacial score (nSPS) is 15.4. The molecule has 2 amide bonds. The van der Waals surface area contributed by atoms with Crippen LogP contribution < -0.4 is 10.1 Å². The van der Waals surface area contributed by atoms with Gasteiger partial charge in [0.15, 0.2) is 5.60 Å². The average Bonchev–Trinajstić information content (AvgIpc) is 2.95. The molecule has 1 aliphatic rings. The Balaban J connectivity index is 1.52. The van der Waals surface area contributed by atoms with E-state index in [0.717, 1.165) is 18.7 Å². The van der Waals surface area contributed by atoms with Crippen LogP contribution in [-0.4, -0.2) is 59.9 Å². The van der Waals surface area contributed by atoms with Gasteiger partial charge in [-0.3, -0.25) is 14.5 Å². The number of anilines is 1. The molecule has 2 aromatic carbocycles. The fourth-order valence-corrected chi connectivity index (χ4v) is 3.60. The molecular weight excluding hydrogens is 402 g/mol. The Morgan fingerprint density at radius 3 is 2.40 bits per heavy atom. The van der Waals surface area contributed by atoms with Crippen molar-refractivity contribution < 1.29 is 14.3 Å². The molecule has 0 aliphatic carbocycles. The zero-order chi connectivity index (χ0) is 21.6. The van der Waals surface area contributed by atoms with Crippen LogP contribution in [0.5, 0.6) is 5.75 Å². The van der Waals surface area contributed by atoms with Gasteiger partial charge >= 0.3 is 0 Å². The van der Waals surface area contributed by atoms with Crippen molar-refractivity contribution in [2.75, 3.05) is 38.0 Å². The van der Waals surface area contributed by atoms with Gasteiger partial charge in [-0.15, -0.1) is 0 Å². The number of carbonyl (C=O) groups is 2. The number of carbonyl (C=O) groups excluding carboxylic acids is 2. The maximum atomic E-state index is 13.1. The Labute approximate surface area is 182 Å². The minimum atomic E-state index is -0.992. The van der Waals surface area contributed by atoms with Gasteiger partial charge < -0.3 is 15.0 Å². The third-order valence-corrected chi connectivity index (χ3v) is 5.25. The molecule has 2 aromatic rings. The van der Waals surface area contributed by atoms with E-state index in [1.54, 1.807) is 38.1 Å². The number of para-hydroxylation sites is 1. The van der Waals surface area contributed by atoms with E-state index in [4.69, 9.17) is 16.3 Å². The number of benzene rings is 2. The van der Waals surface area contributed by atoms with E-state index in [1.807, 2.05) is 35.2 Å². The Morgan fingerprint density at radius 1 is 1.00 bits per heavy atom. The van der Waals surface area contributed by atoms with Crippen molar-refractivity contribution in [2.45, 2.75) is 25.9 Å². The van der Waals surface area contributed by atoms with Crippen LogP contribution in [0.4, 0.5) is 5.69 Å². The van der Waals surface area contributed by atoms with Crippen molar-refractivity contribution >= 4 is 29.1 Å². The minimum absolute atomic E-state index is 0.0487. The van der Waals surface area contributed by atoms with Gasteiger partial charge in [0.2, 0.25) is 5.91 Å². The summed E-state index contributed by atoms with van der Waals surface area (Å²) in [7, 11) is 0. The molecule has 1 saturated heterocycles. The minimum Gasteiger partial charge on any atom is -0.478 e. The summed E-state index contributed by atoms with van der Waals surface area (Å²) < 4.78 is 5.94. The standard InChI is InChI=1S/C23H28ClN3O3/c1-23(2,30-20-11-9-18(24)10-12-20)22(29)27-14-6-13-26(15-16-27)17-21(28)25-19-7-4-3-5-8-19/h3-5,7-12H,6,13-17H2,1-2H3,(H,25,28). The molecule has 1 heterocycles. The number of halogens is 1. The molecule has 0 unspecified atom stereocenters. The van der Waals surface area contributed by atoms with Crippen molar-refractivity contribution in [1.29, 1.82) is 0 Å². The van der Waals surface area contributed by atoms with Crippen LogP contribution >= 0.6 is 11.6 Å². The zero-order valence-corrected chi connectivity index (χ0v) is 18.2. The quantitative estimate of drug-likeness (QED) is 0.761. The number of hydrogen-bond donors (Lipinski definition) is 1. The van der Waals surface area contributed by atoms with Gasteiger partial charge in [0, 0.05) is 36.9 Å². The summed E-state index contributed by atoms with van der Waals surface area (Å²) in [6, 6.07) is 16.4. The lowest BCUT2D eigenvalue weighted by molar-refractivity contribution is -0.145. The fourth-order valence-electron chi connectivity index (χ4n) is 3.48. The molecule has 1 N–H and O–H groups in total. The molecule has 0 aromatic heterocycles. The van der Waals surface area contributed by atoms with Gasteiger partial charge in [-0.2, -0.15) is 0 Å². The van der Waals surface area contributed by atoms with Gasteiger partial charge in [0.05, 0.1) is 6.54 Å². The molecule has 0 spiro atoms. The monoisotopic (exact) mass is 429 g/mol. The molecule has 3 rings (SSSR count). The number of rotatable bonds is 6. The molecular formula is C23H28ClN3O3. The molecule has 30 heavy (non-hydrogen) atoms. The fraction of sp³-hybridized carbons (Fsp3) is 0.391. The summed E-state index contributed by atoms with van der Waals surface area (Å²) in [5.74, 6) is 0.493. The Morgan fingerprint density at radius 2 is 1.70 bits per heavy atom. The topological polar surface area (TPSA) is 61.9 Å². The second kappa shape index (κ2) is 9.96. The first-order valence-electron chi connectivity index (χ1n) is 10.1. The predicted molar refractivity (Wildman–Crippen MR) is 119 cm³/mol. The smallest absolute Gasteiger partial charge is 0.266 e. The van der Waals surface area contributed by atoms with E-state index in [9.17, 15) is 9.59 Å². The van der Waals surface area contributed by atoms with Crippen LogP contribution in [-0.2, 0) is 9.59 Å². The highest BCUT2D eigenvalue weighted by atomic mass is 35.5. The van der Waals surface area contributed by atoms with Crippen LogP contribution in [0.1, 0.15) is 20.3 Å². The summed E-state index contributed by atoms with van der Waals surface area (Å²) in [6.45, 7) is 6.48. The van der Waals surface area contributed by atoms with Crippen LogP contribution in [0.25, 0.3) is 0 Å². The van der Waals surface area contributed by atoms with Crippen LogP contribution in [0.2, 0.25) is 5.02 Å². The largest absolute Gasteiger partial charge is 0.478 e. The molecule has 7 heteroatoms. The van der Waals surface area contributed by atoms with Crippen LogP contribution in [0.15, 0.2) is 54.6 Å². The first-order valence-corrected chi connectivity index (χ1v) is 10.5. The van der Waals surface area contributed by atoms with E-state index in [0.29, 0.717) is 37.0 Å². The summed E-state index contributed by atoms with van der Waals surface area (Å²) in [5.41, 5.74) is -0.205. The summed E-state index contributed by atoms with van der Waals surface area (Å²) >= 11 is 5.92. The average molecular weight is 430 g/mol. The first kappa shape index (κ1) is 22.1. The van der Waals surface area contributed by atoms with E-state index < -0.39 is 5.60 Å². The van der Waals surface area contributed by atoms with Crippen LogP contribution in [0.3, 0.4) is 0 Å². The lowest BCUT2D eigenvalue weighted by atomic mass is 10.1. The van der Waals surface area contributed by atoms with Gasteiger partial charge in [-0.25, -0.2) is 0 Å². The zero-order valence-electron chi connectivity index (χ0n) is 17.4. The maximum Gasteiger partial charge on any atom is 0.266 e. The second-order valence-electron chi connectivity index (χ2n) is 7.90. The third-order valence-electron chi connectivity index (χ3n) is 5.00. The van der Waals surface area contributed by atoms with E-state index in [2.05, 4.69) is 10.2 Å². The Kier molecular flexibility index (Phi) is 7.34. The SMILES string of the molecule is CC(C)(Oc1ccc(Cl)cc1)C(=O)N1CCCN(CC(=O)Nc2ccccc2)CC1. The number of amides is 2. The van der Waals surface area contributed by atoms with E-state index in [1.165, 1.54) is 0 Å². The number of hydrogen-bond acceptors (Lipinski definition) is 4. The molecule has 1 fully saturated rings. The van der Waals surface area contributed by atoms with Crippen molar-refractivity contribution in [1.82, 2.24) is 9.80 Å². The lowest BCUT2D eigenvalue weighted by Gasteiger charge is -2.31. The van der Waals surface area contributed by atoms with Crippen molar-refractivity contribution in [2.24, 2.45) is 0 Å². The number of nitrogens with zero attached hydrogens (tertiary/aromatic N) is 2. The third kappa shape index (κ3) is 6.21.